The van der Waals surface area contributed by atoms with Crippen molar-refractivity contribution in [3.05, 3.63) is 34.3 Å². The zero-order valence-corrected chi connectivity index (χ0v) is 13.0. The molecule has 0 radical (unpaired) electrons. The molecule has 0 saturated carbocycles. The number of halogens is 1. The molecule has 1 aliphatic rings. The Bertz CT molecular complexity index is 418. The van der Waals surface area contributed by atoms with Crippen LogP contribution in [0, 0.1) is 0 Å². The minimum absolute atomic E-state index is 0.0136. The molecule has 3 atom stereocenters. The van der Waals surface area contributed by atoms with Crippen molar-refractivity contribution in [1.29, 1.82) is 0 Å². The van der Waals surface area contributed by atoms with E-state index in [1.165, 1.54) is 0 Å². The van der Waals surface area contributed by atoms with Crippen LogP contribution in [0.5, 0.6) is 0 Å². The fourth-order valence-electron chi connectivity index (χ4n) is 2.06. The molecule has 4 heteroatoms. The predicted octanol–water partition coefficient (Wildman–Crippen LogP) is 3.93. The lowest BCUT2D eigenvalue weighted by Gasteiger charge is -2.18. The summed E-state index contributed by atoms with van der Waals surface area (Å²) in [5.74, 6) is 0.201. The lowest BCUT2D eigenvalue weighted by molar-refractivity contribution is 0.0993. The van der Waals surface area contributed by atoms with Crippen LogP contribution in [-0.4, -0.2) is 29.0 Å². The molecule has 18 heavy (non-hydrogen) atoms. The molecule has 0 aromatic heterocycles. The van der Waals surface area contributed by atoms with Crippen LogP contribution in [0.2, 0.25) is 0 Å². The lowest BCUT2D eigenvalue weighted by atomic mass is 10.1. The molecular formula is C14H17BrO2S. The predicted molar refractivity (Wildman–Crippen MR) is 79.3 cm³/mol. The molecule has 1 heterocycles. The molecule has 1 saturated heterocycles. The maximum atomic E-state index is 12.3. The normalized spacial score (nSPS) is 25.1. The number of Topliss-reactive ketones (excluding diaryl/α,β-unsaturated/α-hetero) is 1. The molecule has 2 nitrogen and oxygen atoms in total. The van der Waals surface area contributed by atoms with Gasteiger partial charge in [0.2, 0.25) is 0 Å². The number of benzene rings is 1. The highest BCUT2D eigenvalue weighted by molar-refractivity contribution is 9.10. The van der Waals surface area contributed by atoms with Crippen LogP contribution >= 0.6 is 27.7 Å². The van der Waals surface area contributed by atoms with Crippen molar-refractivity contribution in [3.8, 4) is 0 Å². The van der Waals surface area contributed by atoms with Gasteiger partial charge in [-0.05, 0) is 32.4 Å². The highest BCUT2D eigenvalue weighted by atomic mass is 79.9. The van der Waals surface area contributed by atoms with E-state index in [1.54, 1.807) is 11.8 Å². The van der Waals surface area contributed by atoms with Gasteiger partial charge in [0.1, 0.15) is 0 Å². The number of rotatable bonds is 4. The van der Waals surface area contributed by atoms with Gasteiger partial charge < -0.3 is 4.74 Å². The van der Waals surface area contributed by atoms with Gasteiger partial charge in [-0.15, -0.1) is 11.8 Å². The second-order valence-electron chi connectivity index (χ2n) is 4.55. The van der Waals surface area contributed by atoms with Crippen molar-refractivity contribution < 1.29 is 9.53 Å². The third-order valence-electron chi connectivity index (χ3n) is 3.18. The molecule has 0 aliphatic carbocycles. The largest absolute Gasteiger partial charge is 0.377 e. The summed E-state index contributed by atoms with van der Waals surface area (Å²) in [5, 5.41) is 0.430. The van der Waals surface area contributed by atoms with Crippen molar-refractivity contribution in [3.63, 3.8) is 0 Å². The van der Waals surface area contributed by atoms with Gasteiger partial charge in [0, 0.05) is 21.9 Å². The van der Waals surface area contributed by atoms with Gasteiger partial charge >= 0.3 is 0 Å². The van der Waals surface area contributed by atoms with Crippen LogP contribution in [0.4, 0.5) is 0 Å². The SMILES string of the molecule is CC(SC1CCOC1C)C(=O)c1ccc(Br)cc1. The van der Waals surface area contributed by atoms with Gasteiger partial charge in [-0.3, -0.25) is 4.79 Å². The molecule has 0 amide bonds. The Hall–Kier alpha value is -0.320. The minimum Gasteiger partial charge on any atom is -0.377 e. The summed E-state index contributed by atoms with van der Waals surface area (Å²) >= 11 is 5.11. The molecule has 1 aromatic carbocycles. The first-order valence-electron chi connectivity index (χ1n) is 6.15. The van der Waals surface area contributed by atoms with Gasteiger partial charge in [-0.2, -0.15) is 0 Å². The summed E-state index contributed by atoms with van der Waals surface area (Å²) in [6.45, 7) is 4.89. The Morgan fingerprint density at radius 1 is 1.44 bits per heavy atom. The summed E-state index contributed by atoms with van der Waals surface area (Å²) in [5.41, 5.74) is 0.782. The second kappa shape index (κ2) is 6.22. The van der Waals surface area contributed by atoms with E-state index in [1.807, 2.05) is 31.2 Å². The van der Waals surface area contributed by atoms with Crippen LogP contribution in [0.1, 0.15) is 30.6 Å². The first-order valence-corrected chi connectivity index (χ1v) is 7.88. The van der Waals surface area contributed by atoms with Crippen molar-refractivity contribution in [1.82, 2.24) is 0 Å². The maximum absolute atomic E-state index is 12.3. The average Bonchev–Trinajstić information content (AvgIpc) is 2.75. The van der Waals surface area contributed by atoms with E-state index in [4.69, 9.17) is 4.74 Å². The molecule has 1 aliphatic heterocycles. The average molecular weight is 329 g/mol. The second-order valence-corrected chi connectivity index (χ2v) is 7.05. The van der Waals surface area contributed by atoms with Crippen LogP contribution in [0.3, 0.4) is 0 Å². The third kappa shape index (κ3) is 3.37. The molecule has 1 aromatic rings. The summed E-state index contributed by atoms with van der Waals surface area (Å²) in [6.07, 6.45) is 1.30. The Labute approximate surface area is 121 Å². The first kappa shape index (κ1) is 14.1. The Morgan fingerprint density at radius 2 is 2.11 bits per heavy atom. The smallest absolute Gasteiger partial charge is 0.175 e. The van der Waals surface area contributed by atoms with E-state index in [2.05, 4.69) is 22.9 Å². The Morgan fingerprint density at radius 3 is 2.67 bits per heavy atom. The quantitative estimate of drug-likeness (QED) is 0.783. The number of ketones is 1. The molecule has 1 fully saturated rings. The van der Waals surface area contributed by atoms with Gasteiger partial charge in [-0.25, -0.2) is 0 Å². The van der Waals surface area contributed by atoms with Gasteiger partial charge in [0.15, 0.2) is 5.78 Å². The molecule has 0 spiro atoms. The summed E-state index contributed by atoms with van der Waals surface area (Å²) in [7, 11) is 0. The third-order valence-corrected chi connectivity index (χ3v) is 5.30. The highest BCUT2D eigenvalue weighted by Crippen LogP contribution is 2.31. The van der Waals surface area contributed by atoms with Crippen molar-refractivity contribution >= 4 is 33.5 Å². The van der Waals surface area contributed by atoms with Crippen molar-refractivity contribution in [2.75, 3.05) is 6.61 Å². The zero-order chi connectivity index (χ0) is 13.1. The van der Waals surface area contributed by atoms with Gasteiger partial charge in [0.05, 0.1) is 11.4 Å². The topological polar surface area (TPSA) is 26.3 Å². The minimum atomic E-state index is -0.0136. The van der Waals surface area contributed by atoms with Gasteiger partial charge in [-0.1, -0.05) is 28.1 Å². The molecule has 0 N–H and O–H groups in total. The van der Waals surface area contributed by atoms with E-state index < -0.39 is 0 Å². The number of hydrogen-bond donors (Lipinski definition) is 0. The highest BCUT2D eigenvalue weighted by Gasteiger charge is 2.28. The monoisotopic (exact) mass is 328 g/mol. The van der Waals surface area contributed by atoms with E-state index in [9.17, 15) is 4.79 Å². The fourth-order valence-corrected chi connectivity index (χ4v) is 3.64. The summed E-state index contributed by atoms with van der Waals surface area (Å²) in [4.78, 5) is 12.3. The number of hydrogen-bond acceptors (Lipinski definition) is 3. The molecule has 2 rings (SSSR count). The zero-order valence-electron chi connectivity index (χ0n) is 10.6. The van der Waals surface area contributed by atoms with E-state index in [0.717, 1.165) is 23.1 Å². The van der Waals surface area contributed by atoms with E-state index in [-0.39, 0.29) is 17.1 Å². The van der Waals surface area contributed by atoms with Crippen LogP contribution < -0.4 is 0 Å². The van der Waals surface area contributed by atoms with E-state index >= 15 is 0 Å². The summed E-state index contributed by atoms with van der Waals surface area (Å²) < 4.78 is 6.53. The van der Waals surface area contributed by atoms with Crippen molar-refractivity contribution in [2.24, 2.45) is 0 Å². The molecular weight excluding hydrogens is 312 g/mol. The van der Waals surface area contributed by atoms with Crippen LogP contribution in [-0.2, 0) is 4.74 Å². The molecule has 3 unspecified atom stereocenters. The van der Waals surface area contributed by atoms with Crippen molar-refractivity contribution in [2.45, 2.75) is 36.9 Å². The standard InChI is InChI=1S/C14H17BrO2S/c1-9-13(7-8-17-9)18-10(2)14(16)11-3-5-12(15)6-4-11/h3-6,9-10,13H,7-8H2,1-2H3. The van der Waals surface area contributed by atoms with E-state index in [0.29, 0.717) is 5.25 Å². The summed E-state index contributed by atoms with van der Waals surface area (Å²) in [6, 6.07) is 7.56. The first-order chi connectivity index (χ1) is 8.58. The molecule has 0 bridgehead atoms. The fraction of sp³-hybridized carbons (Fsp3) is 0.500. The number of carbonyl (C=O) groups is 1. The lowest BCUT2D eigenvalue weighted by Crippen LogP contribution is -2.21. The number of ether oxygens (including phenoxy) is 1. The Balaban J connectivity index is 1.98. The maximum Gasteiger partial charge on any atom is 0.175 e. The Kier molecular flexibility index (Phi) is 4.87. The number of carbonyl (C=O) groups excluding carboxylic acids is 1. The van der Waals surface area contributed by atoms with Crippen LogP contribution in [0.25, 0.3) is 0 Å². The van der Waals surface area contributed by atoms with Gasteiger partial charge in [0.25, 0.3) is 0 Å². The molecule has 98 valence electrons. The van der Waals surface area contributed by atoms with Crippen LogP contribution in [0.15, 0.2) is 28.7 Å². The number of thioether (sulfide) groups is 1.